The number of aromatic nitrogens is 5. The number of nitrogens with one attached hydrogen (secondary N) is 1. The van der Waals surface area contributed by atoms with E-state index in [0.717, 1.165) is 29.1 Å². The number of halogens is 1. The van der Waals surface area contributed by atoms with Gasteiger partial charge in [-0.05, 0) is 37.6 Å². The largest absolute Gasteiger partial charge is 0.347 e. The molecule has 0 aliphatic heterocycles. The minimum Gasteiger partial charge on any atom is -0.347 e. The second-order valence-corrected chi connectivity index (χ2v) is 6.40. The lowest BCUT2D eigenvalue weighted by Gasteiger charge is -2.05. The van der Waals surface area contributed by atoms with Gasteiger partial charge in [-0.25, -0.2) is 13.9 Å². The average Bonchev–Trinajstić information content (AvgIpc) is 3.30. The van der Waals surface area contributed by atoms with Gasteiger partial charge in [-0.1, -0.05) is 12.1 Å². The van der Waals surface area contributed by atoms with Crippen molar-refractivity contribution in [2.24, 2.45) is 0 Å². The molecule has 0 aliphatic rings. The lowest BCUT2D eigenvalue weighted by Crippen LogP contribution is -2.23. The van der Waals surface area contributed by atoms with Gasteiger partial charge in [0.2, 0.25) is 0 Å². The van der Waals surface area contributed by atoms with E-state index < -0.39 is 0 Å². The van der Waals surface area contributed by atoms with E-state index in [1.807, 2.05) is 24.6 Å². The SMILES string of the molecule is CCn1ncc(-c2ccnc3cc(C(=O)NCc4ccc(F)cc4)nn23)c1C. The van der Waals surface area contributed by atoms with Gasteiger partial charge in [0.05, 0.1) is 11.9 Å². The summed E-state index contributed by atoms with van der Waals surface area (Å²) in [6.45, 7) is 5.09. The third kappa shape index (κ3) is 3.24. The van der Waals surface area contributed by atoms with Gasteiger partial charge in [0, 0.05) is 36.6 Å². The van der Waals surface area contributed by atoms with Crippen molar-refractivity contribution >= 4 is 11.6 Å². The summed E-state index contributed by atoms with van der Waals surface area (Å²) in [4.78, 5) is 16.8. The number of rotatable bonds is 5. The van der Waals surface area contributed by atoms with Crippen molar-refractivity contribution in [3.63, 3.8) is 0 Å². The van der Waals surface area contributed by atoms with E-state index in [1.54, 1.807) is 35.1 Å². The Morgan fingerprint density at radius 3 is 2.71 bits per heavy atom. The molecule has 7 nitrogen and oxygen atoms in total. The highest BCUT2D eigenvalue weighted by molar-refractivity contribution is 5.93. The second-order valence-electron chi connectivity index (χ2n) is 6.40. The van der Waals surface area contributed by atoms with E-state index in [4.69, 9.17) is 0 Å². The Bertz CT molecular complexity index is 1150. The lowest BCUT2D eigenvalue weighted by atomic mass is 10.2. The number of carbonyl (C=O) groups is 1. The number of hydrogen-bond donors (Lipinski definition) is 1. The maximum absolute atomic E-state index is 13.0. The molecule has 0 aliphatic carbocycles. The van der Waals surface area contributed by atoms with Crippen molar-refractivity contribution in [2.45, 2.75) is 26.9 Å². The Morgan fingerprint density at radius 1 is 1.21 bits per heavy atom. The summed E-state index contributed by atoms with van der Waals surface area (Å²) in [5.41, 5.74) is 4.43. The van der Waals surface area contributed by atoms with E-state index >= 15 is 0 Å². The van der Waals surface area contributed by atoms with E-state index in [-0.39, 0.29) is 24.0 Å². The number of fused-ring (bicyclic) bond motifs is 1. The Balaban J connectivity index is 1.61. The van der Waals surface area contributed by atoms with E-state index in [0.29, 0.717) is 5.65 Å². The molecule has 3 aromatic heterocycles. The molecule has 142 valence electrons. The monoisotopic (exact) mass is 378 g/mol. The summed E-state index contributed by atoms with van der Waals surface area (Å²) < 4.78 is 16.5. The van der Waals surface area contributed by atoms with Crippen molar-refractivity contribution < 1.29 is 9.18 Å². The molecule has 1 N–H and O–H groups in total. The molecule has 0 atom stereocenters. The maximum Gasteiger partial charge on any atom is 0.272 e. The van der Waals surface area contributed by atoms with Gasteiger partial charge < -0.3 is 5.32 Å². The minimum absolute atomic E-state index is 0.266. The van der Waals surface area contributed by atoms with Crippen molar-refractivity contribution in [3.8, 4) is 11.3 Å². The fourth-order valence-electron chi connectivity index (χ4n) is 3.10. The first-order valence-electron chi connectivity index (χ1n) is 8.97. The van der Waals surface area contributed by atoms with E-state index in [9.17, 15) is 9.18 Å². The molecular weight excluding hydrogens is 359 g/mol. The molecular formula is C20H19FN6O. The number of nitrogens with zero attached hydrogens (tertiary/aromatic N) is 5. The van der Waals surface area contributed by atoms with Crippen molar-refractivity contribution in [3.05, 3.63) is 71.6 Å². The van der Waals surface area contributed by atoms with Gasteiger partial charge in [-0.15, -0.1) is 0 Å². The molecule has 0 radical (unpaired) electrons. The highest BCUT2D eigenvalue weighted by atomic mass is 19.1. The number of amides is 1. The highest BCUT2D eigenvalue weighted by Crippen LogP contribution is 2.23. The van der Waals surface area contributed by atoms with Crippen molar-refractivity contribution in [1.82, 2.24) is 29.7 Å². The Hall–Kier alpha value is -3.55. The highest BCUT2D eigenvalue weighted by Gasteiger charge is 2.16. The summed E-state index contributed by atoms with van der Waals surface area (Å²) in [5.74, 6) is -0.627. The van der Waals surface area contributed by atoms with Gasteiger partial charge in [-0.3, -0.25) is 9.48 Å². The van der Waals surface area contributed by atoms with Crippen LogP contribution in [0.3, 0.4) is 0 Å². The lowest BCUT2D eigenvalue weighted by molar-refractivity contribution is 0.0945. The molecule has 0 unspecified atom stereocenters. The molecule has 4 rings (SSSR count). The van der Waals surface area contributed by atoms with Crippen LogP contribution in [0.15, 0.2) is 48.8 Å². The predicted molar refractivity (Wildman–Crippen MR) is 102 cm³/mol. The van der Waals surface area contributed by atoms with Crippen LogP contribution in [0.5, 0.6) is 0 Å². The first kappa shape index (κ1) is 17.8. The van der Waals surface area contributed by atoms with Crippen LogP contribution in [0.25, 0.3) is 16.9 Å². The van der Waals surface area contributed by atoms with Crippen LogP contribution in [-0.2, 0) is 13.1 Å². The van der Waals surface area contributed by atoms with Crippen LogP contribution in [-0.4, -0.2) is 30.3 Å². The van der Waals surface area contributed by atoms with E-state index in [1.165, 1.54) is 12.1 Å². The maximum atomic E-state index is 13.0. The number of benzene rings is 1. The molecule has 1 aromatic carbocycles. The molecule has 0 saturated carbocycles. The fraction of sp³-hybridized carbons (Fsp3) is 0.200. The quantitative estimate of drug-likeness (QED) is 0.579. The summed E-state index contributed by atoms with van der Waals surface area (Å²) in [7, 11) is 0. The average molecular weight is 378 g/mol. The van der Waals surface area contributed by atoms with Gasteiger partial charge in [0.25, 0.3) is 5.91 Å². The zero-order valence-corrected chi connectivity index (χ0v) is 15.6. The third-order valence-electron chi connectivity index (χ3n) is 4.64. The second kappa shape index (κ2) is 7.22. The van der Waals surface area contributed by atoms with Crippen LogP contribution >= 0.6 is 0 Å². The topological polar surface area (TPSA) is 77.1 Å². The van der Waals surface area contributed by atoms with Crippen LogP contribution < -0.4 is 5.32 Å². The van der Waals surface area contributed by atoms with Crippen molar-refractivity contribution in [1.29, 1.82) is 0 Å². The van der Waals surface area contributed by atoms with Crippen LogP contribution in [0.2, 0.25) is 0 Å². The summed E-state index contributed by atoms with van der Waals surface area (Å²) in [5, 5.41) is 11.6. The molecule has 0 spiro atoms. The Labute approximate surface area is 160 Å². The fourth-order valence-corrected chi connectivity index (χ4v) is 3.10. The molecule has 0 bridgehead atoms. The molecule has 1 amide bonds. The number of aryl methyl sites for hydroxylation is 1. The summed E-state index contributed by atoms with van der Waals surface area (Å²) >= 11 is 0. The van der Waals surface area contributed by atoms with Crippen LogP contribution in [0.1, 0.15) is 28.7 Å². The predicted octanol–water partition coefficient (Wildman–Crippen LogP) is 2.99. The standard InChI is InChI=1S/C20H19FN6O/c1-3-26-13(2)16(12-24-26)18-8-9-22-19-10-17(25-27(18)19)20(28)23-11-14-4-6-15(21)7-5-14/h4-10,12H,3,11H2,1-2H3,(H,23,28). The molecule has 0 saturated heterocycles. The van der Waals surface area contributed by atoms with Gasteiger partial charge in [0.15, 0.2) is 11.3 Å². The smallest absolute Gasteiger partial charge is 0.272 e. The van der Waals surface area contributed by atoms with Gasteiger partial charge in [-0.2, -0.15) is 10.2 Å². The van der Waals surface area contributed by atoms with Gasteiger partial charge >= 0.3 is 0 Å². The van der Waals surface area contributed by atoms with Crippen LogP contribution in [0.4, 0.5) is 4.39 Å². The normalized spacial score (nSPS) is 11.1. The van der Waals surface area contributed by atoms with Crippen molar-refractivity contribution in [2.75, 3.05) is 0 Å². The number of carbonyl (C=O) groups excluding carboxylic acids is 1. The number of hydrogen-bond acceptors (Lipinski definition) is 4. The van der Waals surface area contributed by atoms with E-state index in [2.05, 4.69) is 20.5 Å². The summed E-state index contributed by atoms with van der Waals surface area (Å²) in [6.07, 6.45) is 3.48. The Kier molecular flexibility index (Phi) is 4.60. The minimum atomic E-state index is -0.318. The molecule has 8 heteroatoms. The summed E-state index contributed by atoms with van der Waals surface area (Å²) in [6, 6.07) is 9.48. The zero-order chi connectivity index (χ0) is 19.7. The van der Waals surface area contributed by atoms with Gasteiger partial charge in [0.1, 0.15) is 5.82 Å². The first-order chi connectivity index (χ1) is 13.6. The molecule has 4 aromatic rings. The Morgan fingerprint density at radius 2 is 2.00 bits per heavy atom. The first-order valence-corrected chi connectivity index (χ1v) is 8.97. The zero-order valence-electron chi connectivity index (χ0n) is 15.6. The molecule has 0 fully saturated rings. The third-order valence-corrected chi connectivity index (χ3v) is 4.64. The molecule has 3 heterocycles. The molecule has 28 heavy (non-hydrogen) atoms. The van der Waals surface area contributed by atoms with Crippen LogP contribution in [0, 0.1) is 12.7 Å².